The van der Waals surface area contributed by atoms with Gasteiger partial charge in [0, 0.05) is 29.5 Å². The van der Waals surface area contributed by atoms with Crippen molar-refractivity contribution in [2.45, 2.75) is 45.6 Å². The van der Waals surface area contributed by atoms with Gasteiger partial charge in [0.05, 0.1) is 0 Å². The van der Waals surface area contributed by atoms with E-state index in [0.29, 0.717) is 17.2 Å². The molecule has 0 spiro atoms. The predicted molar refractivity (Wildman–Crippen MR) is 102 cm³/mol. The second-order valence-electron chi connectivity index (χ2n) is 7.34. The van der Waals surface area contributed by atoms with Crippen LogP contribution < -0.4 is 4.90 Å². The van der Waals surface area contributed by atoms with Crippen LogP contribution in [0.4, 0.5) is 15.8 Å². The van der Waals surface area contributed by atoms with Crippen molar-refractivity contribution in [1.29, 1.82) is 0 Å². The van der Waals surface area contributed by atoms with Gasteiger partial charge in [-0.25, -0.2) is 4.39 Å². The summed E-state index contributed by atoms with van der Waals surface area (Å²) in [5, 5.41) is 9.80. The number of benzene rings is 2. The van der Waals surface area contributed by atoms with E-state index in [-0.39, 0.29) is 17.1 Å². The van der Waals surface area contributed by atoms with Gasteiger partial charge in [-0.2, -0.15) is 0 Å². The normalized spacial score (nSPS) is 19.2. The molecule has 0 saturated heterocycles. The number of aliphatic imine (C=N–C) groups is 1. The van der Waals surface area contributed by atoms with Gasteiger partial charge < -0.3 is 10.0 Å². The predicted octanol–water partition coefficient (Wildman–Crippen LogP) is 5.39. The third-order valence-corrected chi connectivity index (χ3v) is 5.04. The molecular formula is C21H25FN2O. The summed E-state index contributed by atoms with van der Waals surface area (Å²) in [7, 11) is 0. The lowest BCUT2D eigenvalue weighted by molar-refractivity contribution is 0.380. The fourth-order valence-electron chi connectivity index (χ4n) is 3.93. The van der Waals surface area contributed by atoms with Gasteiger partial charge in [0.2, 0.25) is 0 Å². The van der Waals surface area contributed by atoms with Crippen LogP contribution >= 0.6 is 0 Å². The molecule has 2 aromatic rings. The molecule has 0 aromatic heterocycles. The van der Waals surface area contributed by atoms with Crippen molar-refractivity contribution in [2.24, 2.45) is 4.99 Å². The zero-order chi connectivity index (χ0) is 18.2. The fraction of sp³-hybridized carbons (Fsp3) is 0.381. The first-order chi connectivity index (χ1) is 11.8. The molecule has 0 bridgehead atoms. The van der Waals surface area contributed by atoms with Crippen LogP contribution in [0.5, 0.6) is 5.75 Å². The topological polar surface area (TPSA) is 35.8 Å². The molecule has 25 heavy (non-hydrogen) atoms. The van der Waals surface area contributed by atoms with E-state index in [9.17, 15) is 9.50 Å². The average molecular weight is 340 g/mol. The average Bonchev–Trinajstić information content (AvgIpc) is 2.54. The third kappa shape index (κ3) is 3.26. The summed E-state index contributed by atoms with van der Waals surface area (Å²) >= 11 is 0. The van der Waals surface area contributed by atoms with E-state index < -0.39 is 0 Å². The number of anilines is 1. The van der Waals surface area contributed by atoms with E-state index in [1.54, 1.807) is 30.3 Å². The number of phenols is 1. The lowest BCUT2D eigenvalue weighted by Crippen LogP contribution is -2.48. The number of aromatic hydroxyl groups is 1. The molecule has 0 aliphatic carbocycles. The van der Waals surface area contributed by atoms with Crippen molar-refractivity contribution >= 4 is 17.6 Å². The van der Waals surface area contributed by atoms with Crippen LogP contribution in [-0.2, 0) is 0 Å². The van der Waals surface area contributed by atoms with Crippen LogP contribution in [0.2, 0.25) is 0 Å². The van der Waals surface area contributed by atoms with Crippen molar-refractivity contribution in [3.63, 3.8) is 0 Å². The van der Waals surface area contributed by atoms with Crippen LogP contribution in [0.1, 0.15) is 51.2 Å². The highest BCUT2D eigenvalue weighted by molar-refractivity contribution is 5.84. The highest BCUT2D eigenvalue weighted by atomic mass is 19.1. The highest BCUT2D eigenvalue weighted by Gasteiger charge is 2.36. The number of phenolic OH excluding ortho intramolecular Hbond substituents is 1. The summed E-state index contributed by atoms with van der Waals surface area (Å²) in [6, 6.07) is 10.3. The minimum Gasteiger partial charge on any atom is -0.506 e. The first-order valence-electron chi connectivity index (χ1n) is 8.76. The quantitative estimate of drug-likeness (QED) is 0.760. The van der Waals surface area contributed by atoms with Gasteiger partial charge in [0.15, 0.2) is 0 Å². The summed E-state index contributed by atoms with van der Waals surface area (Å²) in [5.41, 5.74) is 3.03. The number of hydrogen-bond acceptors (Lipinski definition) is 3. The first-order valence-corrected chi connectivity index (χ1v) is 8.76. The number of halogens is 1. The van der Waals surface area contributed by atoms with E-state index in [0.717, 1.165) is 24.2 Å². The molecule has 1 aliphatic rings. The molecule has 1 heterocycles. The Kier molecular flexibility index (Phi) is 4.55. The third-order valence-electron chi connectivity index (χ3n) is 5.04. The molecule has 0 saturated carbocycles. The van der Waals surface area contributed by atoms with Crippen LogP contribution in [0, 0.1) is 5.82 Å². The molecule has 1 unspecified atom stereocenters. The second-order valence-corrected chi connectivity index (χ2v) is 7.34. The number of rotatable bonds is 3. The van der Waals surface area contributed by atoms with Crippen molar-refractivity contribution in [3.05, 3.63) is 53.3 Å². The van der Waals surface area contributed by atoms with E-state index >= 15 is 0 Å². The smallest absolute Gasteiger partial charge is 0.141 e. The van der Waals surface area contributed by atoms with Crippen molar-refractivity contribution in [1.82, 2.24) is 0 Å². The maximum Gasteiger partial charge on any atom is 0.141 e. The SMILES string of the molecule is CCN1c2cc(F)c(C=Nc3ccccc3O)cc2C(C)CC1(C)C. The Morgan fingerprint density at radius 3 is 2.72 bits per heavy atom. The Bertz CT molecular complexity index is 814. The number of para-hydroxylation sites is 2. The Labute approximate surface area is 148 Å². The van der Waals surface area contributed by atoms with E-state index in [2.05, 4.69) is 37.6 Å². The molecule has 1 N–H and O–H groups in total. The lowest BCUT2D eigenvalue weighted by Gasteiger charge is -2.47. The molecule has 0 radical (unpaired) electrons. The molecule has 132 valence electrons. The van der Waals surface area contributed by atoms with Gasteiger partial charge in [-0.3, -0.25) is 4.99 Å². The van der Waals surface area contributed by atoms with Crippen LogP contribution in [0.15, 0.2) is 41.4 Å². The summed E-state index contributed by atoms with van der Waals surface area (Å²) in [5.74, 6) is 0.149. The number of fused-ring (bicyclic) bond motifs is 1. The van der Waals surface area contributed by atoms with Gasteiger partial charge in [0.25, 0.3) is 0 Å². The molecule has 3 rings (SSSR count). The van der Waals surface area contributed by atoms with Crippen molar-refractivity contribution in [3.8, 4) is 5.75 Å². The molecule has 2 aromatic carbocycles. The van der Waals surface area contributed by atoms with Gasteiger partial charge in [0.1, 0.15) is 17.3 Å². The van der Waals surface area contributed by atoms with Crippen LogP contribution in [0.3, 0.4) is 0 Å². The van der Waals surface area contributed by atoms with Crippen molar-refractivity contribution < 1.29 is 9.50 Å². The monoisotopic (exact) mass is 340 g/mol. The van der Waals surface area contributed by atoms with Crippen LogP contribution in [0.25, 0.3) is 0 Å². The first kappa shape index (κ1) is 17.5. The molecule has 4 heteroatoms. The van der Waals surface area contributed by atoms with E-state index in [4.69, 9.17) is 0 Å². The molecular weight excluding hydrogens is 315 g/mol. The minimum absolute atomic E-state index is 0.0129. The largest absolute Gasteiger partial charge is 0.506 e. The summed E-state index contributed by atoms with van der Waals surface area (Å²) in [4.78, 5) is 6.52. The number of nitrogens with zero attached hydrogens (tertiary/aromatic N) is 2. The summed E-state index contributed by atoms with van der Waals surface area (Å²) in [6.07, 6.45) is 2.52. The fourth-order valence-corrected chi connectivity index (χ4v) is 3.93. The van der Waals surface area contributed by atoms with Gasteiger partial charge in [-0.15, -0.1) is 0 Å². The summed E-state index contributed by atoms with van der Waals surface area (Å²) < 4.78 is 14.7. The molecule has 0 amide bonds. The highest BCUT2D eigenvalue weighted by Crippen LogP contribution is 2.43. The van der Waals surface area contributed by atoms with Gasteiger partial charge >= 0.3 is 0 Å². The zero-order valence-electron chi connectivity index (χ0n) is 15.3. The molecule has 1 aliphatic heterocycles. The van der Waals surface area contributed by atoms with E-state index in [1.165, 1.54) is 6.21 Å². The Morgan fingerprint density at radius 1 is 1.32 bits per heavy atom. The Morgan fingerprint density at radius 2 is 2.04 bits per heavy atom. The molecule has 3 nitrogen and oxygen atoms in total. The Balaban J connectivity index is 2.02. The standard InChI is InChI=1S/C21H25FN2O/c1-5-24-19-11-17(22)15(10-16(19)14(2)12-21(24,3)4)13-23-18-8-6-7-9-20(18)25/h6-11,13-14,25H,5,12H2,1-4H3. The zero-order valence-corrected chi connectivity index (χ0v) is 15.3. The van der Waals surface area contributed by atoms with E-state index in [1.807, 2.05) is 6.07 Å². The molecule has 0 fully saturated rings. The maximum atomic E-state index is 14.7. The number of hydrogen-bond donors (Lipinski definition) is 1. The van der Waals surface area contributed by atoms with Gasteiger partial charge in [-0.05, 0) is 62.9 Å². The van der Waals surface area contributed by atoms with Crippen molar-refractivity contribution in [2.75, 3.05) is 11.4 Å². The lowest BCUT2D eigenvalue weighted by atomic mass is 9.79. The van der Waals surface area contributed by atoms with Crippen LogP contribution in [-0.4, -0.2) is 23.4 Å². The minimum atomic E-state index is -0.290. The molecule has 1 atom stereocenters. The maximum absolute atomic E-state index is 14.7. The summed E-state index contributed by atoms with van der Waals surface area (Å²) in [6.45, 7) is 9.56. The Hall–Kier alpha value is -2.36. The second kappa shape index (κ2) is 6.51. The van der Waals surface area contributed by atoms with Gasteiger partial charge in [-0.1, -0.05) is 19.1 Å².